The molecule has 2 saturated heterocycles. The summed E-state index contributed by atoms with van der Waals surface area (Å²) in [6.07, 6.45) is 5.07. The molecule has 3 heteroatoms. The van der Waals surface area contributed by atoms with E-state index >= 15 is 0 Å². The van der Waals surface area contributed by atoms with Crippen molar-refractivity contribution in [3.8, 4) is 0 Å². The van der Waals surface area contributed by atoms with Crippen LogP contribution in [-0.2, 0) is 4.74 Å². The van der Waals surface area contributed by atoms with Gasteiger partial charge in [0.2, 0.25) is 0 Å². The van der Waals surface area contributed by atoms with Gasteiger partial charge in [-0.25, -0.2) is 0 Å². The van der Waals surface area contributed by atoms with Gasteiger partial charge in [0.1, 0.15) is 0 Å². The maximum atomic E-state index is 5.53. The second-order valence-electron chi connectivity index (χ2n) is 7.36. The molecule has 0 bridgehead atoms. The predicted octanol–water partition coefficient (Wildman–Crippen LogP) is 3.15. The molecule has 0 amide bonds. The Morgan fingerprint density at radius 2 is 1.76 bits per heavy atom. The lowest BCUT2D eigenvalue weighted by molar-refractivity contribution is 0.0202. The molecule has 4 unspecified atom stereocenters. The molecule has 0 aromatic heterocycles. The first-order valence-corrected chi connectivity index (χ1v) is 9.20. The topological polar surface area (TPSA) is 24.5 Å². The van der Waals surface area contributed by atoms with Crippen LogP contribution in [0.25, 0.3) is 0 Å². The molecular weight excluding hydrogens is 260 g/mol. The summed E-state index contributed by atoms with van der Waals surface area (Å²) >= 11 is 0. The molecule has 2 rings (SSSR count). The van der Waals surface area contributed by atoms with E-state index in [0.717, 1.165) is 37.0 Å². The van der Waals surface area contributed by atoms with Crippen LogP contribution in [0.4, 0.5) is 0 Å². The number of hydrogen-bond acceptors (Lipinski definition) is 3. The summed E-state index contributed by atoms with van der Waals surface area (Å²) < 4.78 is 5.53. The average molecular weight is 296 g/mol. The number of hydrogen-bond donors (Lipinski definition) is 1. The quantitative estimate of drug-likeness (QED) is 0.815. The van der Waals surface area contributed by atoms with E-state index in [0.29, 0.717) is 6.04 Å². The molecule has 0 aromatic rings. The van der Waals surface area contributed by atoms with Gasteiger partial charge in [-0.15, -0.1) is 0 Å². The third kappa shape index (κ3) is 4.67. The molecule has 0 spiro atoms. The molecule has 2 aliphatic rings. The van der Waals surface area contributed by atoms with Crippen molar-refractivity contribution in [2.75, 3.05) is 32.8 Å². The Labute approximate surface area is 131 Å². The highest BCUT2D eigenvalue weighted by atomic mass is 16.5. The Kier molecular flexibility index (Phi) is 6.97. The van der Waals surface area contributed by atoms with Crippen LogP contribution in [0.2, 0.25) is 0 Å². The smallest absolute Gasteiger partial charge is 0.0469 e. The molecule has 3 nitrogen and oxygen atoms in total. The van der Waals surface area contributed by atoms with Crippen molar-refractivity contribution in [3.63, 3.8) is 0 Å². The molecule has 1 N–H and O–H groups in total. The van der Waals surface area contributed by atoms with Crippen molar-refractivity contribution in [1.82, 2.24) is 10.2 Å². The number of piperazine rings is 1. The van der Waals surface area contributed by atoms with Crippen molar-refractivity contribution in [3.05, 3.63) is 0 Å². The van der Waals surface area contributed by atoms with Gasteiger partial charge in [-0.1, -0.05) is 40.5 Å². The fraction of sp³-hybridized carbons (Fsp3) is 1.00. The predicted molar refractivity (Wildman–Crippen MR) is 89.6 cm³/mol. The van der Waals surface area contributed by atoms with Crippen LogP contribution in [0.15, 0.2) is 0 Å². The molecule has 4 atom stereocenters. The monoisotopic (exact) mass is 296 g/mol. The first-order chi connectivity index (χ1) is 10.2. The fourth-order valence-corrected chi connectivity index (χ4v) is 3.82. The van der Waals surface area contributed by atoms with Crippen molar-refractivity contribution >= 4 is 0 Å². The van der Waals surface area contributed by atoms with Crippen molar-refractivity contribution in [1.29, 1.82) is 0 Å². The van der Waals surface area contributed by atoms with Crippen LogP contribution >= 0.6 is 0 Å². The summed E-state index contributed by atoms with van der Waals surface area (Å²) in [7, 11) is 0. The van der Waals surface area contributed by atoms with Gasteiger partial charge in [-0.2, -0.15) is 0 Å². The highest BCUT2D eigenvalue weighted by Crippen LogP contribution is 2.25. The first kappa shape index (κ1) is 17.2. The molecule has 0 radical (unpaired) electrons. The SMILES string of the molecule is CCC(C)C1CN(CC2CCOCC2)C(C(C)CC)CN1. The van der Waals surface area contributed by atoms with Gasteiger partial charge in [-0.05, 0) is 30.6 Å². The molecule has 2 heterocycles. The molecule has 21 heavy (non-hydrogen) atoms. The number of nitrogens with one attached hydrogen (secondary N) is 1. The van der Waals surface area contributed by atoms with Crippen LogP contribution in [0, 0.1) is 17.8 Å². The van der Waals surface area contributed by atoms with Crippen LogP contribution < -0.4 is 5.32 Å². The van der Waals surface area contributed by atoms with E-state index in [1.54, 1.807) is 0 Å². The maximum Gasteiger partial charge on any atom is 0.0469 e. The third-order valence-corrected chi connectivity index (χ3v) is 5.95. The Balaban J connectivity index is 1.97. The molecular formula is C18H36N2O. The lowest BCUT2D eigenvalue weighted by Gasteiger charge is -2.46. The van der Waals surface area contributed by atoms with Gasteiger partial charge in [0.05, 0.1) is 0 Å². The summed E-state index contributed by atoms with van der Waals surface area (Å²) in [6, 6.07) is 1.40. The van der Waals surface area contributed by atoms with Gasteiger partial charge in [-0.3, -0.25) is 4.90 Å². The summed E-state index contributed by atoms with van der Waals surface area (Å²) in [5.41, 5.74) is 0. The largest absolute Gasteiger partial charge is 0.381 e. The van der Waals surface area contributed by atoms with Crippen molar-refractivity contribution in [2.24, 2.45) is 17.8 Å². The van der Waals surface area contributed by atoms with Gasteiger partial charge in [0.15, 0.2) is 0 Å². The first-order valence-electron chi connectivity index (χ1n) is 9.20. The highest BCUT2D eigenvalue weighted by Gasteiger charge is 2.33. The molecule has 2 fully saturated rings. The third-order valence-electron chi connectivity index (χ3n) is 5.95. The van der Waals surface area contributed by atoms with E-state index in [-0.39, 0.29) is 0 Å². The Bertz CT molecular complexity index is 289. The molecule has 0 aliphatic carbocycles. The average Bonchev–Trinajstić information content (AvgIpc) is 2.54. The molecule has 0 aromatic carbocycles. The zero-order valence-corrected chi connectivity index (χ0v) is 14.6. The zero-order chi connectivity index (χ0) is 15.2. The van der Waals surface area contributed by atoms with E-state index in [2.05, 4.69) is 37.9 Å². The molecule has 124 valence electrons. The number of ether oxygens (including phenoxy) is 1. The second-order valence-corrected chi connectivity index (χ2v) is 7.36. The zero-order valence-electron chi connectivity index (χ0n) is 14.6. The van der Waals surface area contributed by atoms with E-state index in [9.17, 15) is 0 Å². The molecule has 2 aliphatic heterocycles. The minimum absolute atomic E-state index is 0.676. The van der Waals surface area contributed by atoms with E-state index in [1.807, 2.05) is 0 Å². The standard InChI is InChI=1S/C18H36N2O/c1-5-14(3)17-13-20(12-16-7-9-21-10-8-16)18(11-19-17)15(4)6-2/h14-19H,5-13H2,1-4H3. The normalized spacial score (nSPS) is 32.0. The molecule has 0 saturated carbocycles. The minimum atomic E-state index is 0.676. The van der Waals surface area contributed by atoms with Crippen LogP contribution in [0.1, 0.15) is 53.4 Å². The van der Waals surface area contributed by atoms with Crippen molar-refractivity contribution in [2.45, 2.75) is 65.5 Å². The number of rotatable bonds is 6. The fourth-order valence-electron chi connectivity index (χ4n) is 3.82. The Morgan fingerprint density at radius 1 is 1.10 bits per heavy atom. The van der Waals surface area contributed by atoms with E-state index < -0.39 is 0 Å². The highest BCUT2D eigenvalue weighted by molar-refractivity contribution is 4.91. The summed E-state index contributed by atoms with van der Waals surface area (Å²) in [4.78, 5) is 2.82. The van der Waals surface area contributed by atoms with Gasteiger partial charge in [0, 0.05) is 44.9 Å². The minimum Gasteiger partial charge on any atom is -0.381 e. The van der Waals surface area contributed by atoms with E-state index in [1.165, 1.54) is 45.3 Å². The van der Waals surface area contributed by atoms with Gasteiger partial charge < -0.3 is 10.1 Å². The maximum absolute atomic E-state index is 5.53. The van der Waals surface area contributed by atoms with Gasteiger partial charge >= 0.3 is 0 Å². The van der Waals surface area contributed by atoms with E-state index in [4.69, 9.17) is 4.74 Å². The lowest BCUT2D eigenvalue weighted by atomic mass is 9.88. The number of nitrogens with zero attached hydrogens (tertiary/aromatic N) is 1. The van der Waals surface area contributed by atoms with Crippen LogP contribution in [-0.4, -0.2) is 49.8 Å². The lowest BCUT2D eigenvalue weighted by Crippen LogP contribution is -2.61. The summed E-state index contributed by atoms with van der Waals surface area (Å²) in [5, 5.41) is 3.84. The second kappa shape index (κ2) is 8.50. The van der Waals surface area contributed by atoms with Crippen LogP contribution in [0.5, 0.6) is 0 Å². The Morgan fingerprint density at radius 3 is 2.38 bits per heavy atom. The van der Waals surface area contributed by atoms with Gasteiger partial charge in [0.25, 0.3) is 0 Å². The van der Waals surface area contributed by atoms with Crippen molar-refractivity contribution < 1.29 is 4.74 Å². The summed E-state index contributed by atoms with van der Waals surface area (Å²) in [5.74, 6) is 2.41. The van der Waals surface area contributed by atoms with Crippen LogP contribution in [0.3, 0.4) is 0 Å². The Hall–Kier alpha value is -0.120. The summed E-state index contributed by atoms with van der Waals surface area (Å²) in [6.45, 7) is 15.1.